The van der Waals surface area contributed by atoms with Crippen molar-refractivity contribution in [3.63, 3.8) is 0 Å². The predicted molar refractivity (Wildman–Crippen MR) is 90.4 cm³/mol. The normalized spacial score (nSPS) is 18.0. The number of hydrogen-bond acceptors (Lipinski definition) is 3. The molecule has 4 nitrogen and oxygen atoms in total. The van der Waals surface area contributed by atoms with Crippen molar-refractivity contribution in [2.24, 2.45) is 5.73 Å². The van der Waals surface area contributed by atoms with Crippen LogP contribution in [0.15, 0.2) is 30.3 Å². The summed E-state index contributed by atoms with van der Waals surface area (Å²) in [5, 5.41) is 0. The molecule has 1 saturated heterocycles. The Kier molecular flexibility index (Phi) is 5.98. The van der Waals surface area contributed by atoms with Gasteiger partial charge >= 0.3 is 0 Å². The maximum atomic E-state index is 12.8. The zero-order chi connectivity index (χ0) is 16.1. The van der Waals surface area contributed by atoms with E-state index in [0.717, 1.165) is 32.5 Å². The molecule has 1 aromatic carbocycles. The molecule has 1 amide bonds. The maximum Gasteiger partial charge on any atom is 0.239 e. The molecule has 1 aliphatic rings. The summed E-state index contributed by atoms with van der Waals surface area (Å²) in [5.74, 6) is 0.233. The molecule has 4 heteroatoms. The fourth-order valence-electron chi connectivity index (χ4n) is 3.09. The average Bonchev–Trinajstić information content (AvgIpc) is 2.53. The minimum Gasteiger partial charge on any atom is -0.341 e. The first-order valence-corrected chi connectivity index (χ1v) is 8.33. The van der Waals surface area contributed by atoms with Gasteiger partial charge in [0.05, 0.1) is 6.04 Å². The molecule has 1 atom stereocenters. The molecule has 2 rings (SSSR count). The summed E-state index contributed by atoms with van der Waals surface area (Å²) < 4.78 is 0. The Hall–Kier alpha value is -1.39. The summed E-state index contributed by atoms with van der Waals surface area (Å²) in [7, 11) is 0. The van der Waals surface area contributed by atoms with Crippen LogP contribution in [0.4, 0.5) is 0 Å². The van der Waals surface area contributed by atoms with Gasteiger partial charge < -0.3 is 10.6 Å². The molecule has 2 N–H and O–H groups in total. The number of hydrogen-bond donors (Lipinski definition) is 1. The molecular weight excluding hydrogens is 274 g/mol. The highest BCUT2D eigenvalue weighted by molar-refractivity contribution is 5.81. The van der Waals surface area contributed by atoms with E-state index in [1.807, 2.05) is 30.0 Å². The molecule has 1 unspecified atom stereocenters. The van der Waals surface area contributed by atoms with Gasteiger partial charge in [-0.1, -0.05) is 30.3 Å². The Morgan fingerprint density at radius 2 is 1.82 bits per heavy atom. The predicted octanol–water partition coefficient (Wildman–Crippen LogP) is 2.24. The Balaban J connectivity index is 2.02. The standard InChI is InChI=1S/C18H29N3O/c1-14(2)21(13-16-7-5-4-6-8-16)15(3)18(22)20-11-9-17(19)10-12-20/h4-8,14-15,17H,9-13,19H2,1-3H3. The average molecular weight is 303 g/mol. The summed E-state index contributed by atoms with van der Waals surface area (Å²) in [6.07, 6.45) is 1.83. The molecule has 0 spiro atoms. The molecule has 0 aliphatic carbocycles. The van der Waals surface area contributed by atoms with Crippen LogP contribution >= 0.6 is 0 Å². The SMILES string of the molecule is CC(C)N(Cc1ccccc1)C(C)C(=O)N1CCC(N)CC1. The molecule has 1 heterocycles. The molecule has 0 saturated carbocycles. The van der Waals surface area contributed by atoms with Gasteiger partial charge in [-0.2, -0.15) is 0 Å². The van der Waals surface area contributed by atoms with Crippen molar-refractivity contribution in [2.75, 3.05) is 13.1 Å². The van der Waals surface area contributed by atoms with E-state index in [0.29, 0.717) is 6.04 Å². The van der Waals surface area contributed by atoms with Crippen LogP contribution < -0.4 is 5.73 Å². The molecular formula is C18H29N3O. The van der Waals surface area contributed by atoms with Gasteiger partial charge in [-0.15, -0.1) is 0 Å². The summed E-state index contributed by atoms with van der Waals surface area (Å²) >= 11 is 0. The van der Waals surface area contributed by atoms with E-state index in [-0.39, 0.29) is 18.0 Å². The van der Waals surface area contributed by atoms with E-state index >= 15 is 0 Å². The van der Waals surface area contributed by atoms with Crippen molar-refractivity contribution < 1.29 is 4.79 Å². The van der Waals surface area contributed by atoms with Gasteiger partial charge in [0.25, 0.3) is 0 Å². The lowest BCUT2D eigenvalue weighted by Gasteiger charge is -2.37. The van der Waals surface area contributed by atoms with Crippen molar-refractivity contribution in [3.05, 3.63) is 35.9 Å². The van der Waals surface area contributed by atoms with Crippen molar-refractivity contribution in [3.8, 4) is 0 Å². The maximum absolute atomic E-state index is 12.8. The second-order valence-corrected chi connectivity index (χ2v) is 6.59. The van der Waals surface area contributed by atoms with Crippen molar-refractivity contribution >= 4 is 5.91 Å². The van der Waals surface area contributed by atoms with Crippen molar-refractivity contribution in [1.82, 2.24) is 9.80 Å². The number of benzene rings is 1. The number of carbonyl (C=O) groups is 1. The summed E-state index contributed by atoms with van der Waals surface area (Å²) in [5.41, 5.74) is 7.18. The van der Waals surface area contributed by atoms with E-state index in [9.17, 15) is 4.79 Å². The quantitative estimate of drug-likeness (QED) is 0.907. The summed E-state index contributed by atoms with van der Waals surface area (Å²) in [6.45, 7) is 8.72. The Bertz CT molecular complexity index is 466. The third kappa shape index (κ3) is 4.31. The van der Waals surface area contributed by atoms with Gasteiger partial charge in [0.15, 0.2) is 0 Å². The first kappa shape index (κ1) is 17.0. The van der Waals surface area contributed by atoms with Gasteiger partial charge in [-0.3, -0.25) is 9.69 Å². The first-order valence-electron chi connectivity index (χ1n) is 8.33. The number of likely N-dealkylation sites (tertiary alicyclic amines) is 1. The monoisotopic (exact) mass is 303 g/mol. The lowest BCUT2D eigenvalue weighted by molar-refractivity contribution is -0.138. The fraction of sp³-hybridized carbons (Fsp3) is 0.611. The lowest BCUT2D eigenvalue weighted by atomic mass is 10.0. The van der Waals surface area contributed by atoms with Gasteiger partial charge in [-0.25, -0.2) is 0 Å². The fourth-order valence-corrected chi connectivity index (χ4v) is 3.09. The van der Waals surface area contributed by atoms with E-state index in [4.69, 9.17) is 5.73 Å². The highest BCUT2D eigenvalue weighted by Gasteiger charge is 2.29. The minimum absolute atomic E-state index is 0.102. The molecule has 1 aliphatic heterocycles. The van der Waals surface area contributed by atoms with Crippen molar-refractivity contribution in [1.29, 1.82) is 0 Å². The number of piperidine rings is 1. The Labute approximate surface area is 134 Å². The molecule has 1 aromatic rings. The zero-order valence-electron chi connectivity index (χ0n) is 14.0. The second kappa shape index (κ2) is 7.75. The number of nitrogens with two attached hydrogens (primary N) is 1. The molecule has 1 fully saturated rings. The largest absolute Gasteiger partial charge is 0.341 e. The topological polar surface area (TPSA) is 49.6 Å². The van der Waals surface area contributed by atoms with Gasteiger partial charge in [0.2, 0.25) is 5.91 Å². The van der Waals surface area contributed by atoms with Crippen LogP contribution in [-0.2, 0) is 11.3 Å². The number of amides is 1. The van der Waals surface area contributed by atoms with Gasteiger partial charge in [0.1, 0.15) is 0 Å². The third-order valence-corrected chi connectivity index (χ3v) is 4.58. The first-order chi connectivity index (χ1) is 10.5. The number of nitrogens with zero attached hydrogens (tertiary/aromatic N) is 2. The van der Waals surface area contributed by atoms with Crippen molar-refractivity contribution in [2.45, 2.75) is 58.3 Å². The highest BCUT2D eigenvalue weighted by atomic mass is 16.2. The van der Waals surface area contributed by atoms with Gasteiger partial charge in [-0.05, 0) is 39.2 Å². The van der Waals surface area contributed by atoms with Gasteiger partial charge in [0, 0.05) is 31.7 Å². The van der Waals surface area contributed by atoms with Crippen LogP contribution in [0.25, 0.3) is 0 Å². The summed E-state index contributed by atoms with van der Waals surface area (Å²) in [4.78, 5) is 17.0. The summed E-state index contributed by atoms with van der Waals surface area (Å²) in [6, 6.07) is 10.8. The Morgan fingerprint density at radius 3 is 2.36 bits per heavy atom. The molecule has 0 aromatic heterocycles. The molecule has 0 bridgehead atoms. The van der Waals surface area contributed by atoms with Crippen LogP contribution in [-0.4, -0.2) is 46.9 Å². The lowest BCUT2D eigenvalue weighted by Crippen LogP contribution is -2.52. The third-order valence-electron chi connectivity index (χ3n) is 4.58. The van der Waals surface area contributed by atoms with Crippen LogP contribution in [0.1, 0.15) is 39.2 Å². The highest BCUT2D eigenvalue weighted by Crippen LogP contribution is 2.16. The zero-order valence-corrected chi connectivity index (χ0v) is 14.0. The molecule has 22 heavy (non-hydrogen) atoms. The Morgan fingerprint density at radius 1 is 1.23 bits per heavy atom. The van der Waals surface area contributed by atoms with Crippen LogP contribution in [0.2, 0.25) is 0 Å². The van der Waals surface area contributed by atoms with E-state index in [1.165, 1.54) is 5.56 Å². The van der Waals surface area contributed by atoms with E-state index in [2.05, 4.69) is 30.9 Å². The van der Waals surface area contributed by atoms with Crippen LogP contribution in [0.5, 0.6) is 0 Å². The van der Waals surface area contributed by atoms with E-state index in [1.54, 1.807) is 0 Å². The number of carbonyl (C=O) groups excluding carboxylic acids is 1. The smallest absolute Gasteiger partial charge is 0.239 e. The van der Waals surface area contributed by atoms with Crippen LogP contribution in [0, 0.1) is 0 Å². The second-order valence-electron chi connectivity index (χ2n) is 6.59. The minimum atomic E-state index is -0.102. The molecule has 0 radical (unpaired) electrons. The number of rotatable bonds is 5. The van der Waals surface area contributed by atoms with Crippen LogP contribution in [0.3, 0.4) is 0 Å². The molecule has 122 valence electrons. The van der Waals surface area contributed by atoms with E-state index < -0.39 is 0 Å².